The molecule has 6 nitrogen and oxygen atoms in total. The van der Waals surface area contributed by atoms with Crippen molar-refractivity contribution in [3.63, 3.8) is 0 Å². The summed E-state index contributed by atoms with van der Waals surface area (Å²) in [6, 6.07) is 7.71. The molecule has 0 aromatic heterocycles. The first kappa shape index (κ1) is 24.7. The first-order chi connectivity index (χ1) is 13.7. The molecule has 1 aliphatic heterocycles. The Bertz CT molecular complexity index is 1030. The Morgan fingerprint density at radius 2 is 1.73 bits per heavy atom. The molecule has 0 spiro atoms. The highest BCUT2D eigenvalue weighted by Crippen LogP contribution is 2.31. The molecule has 30 heavy (non-hydrogen) atoms. The molecule has 1 amide bonds. The number of carbonyl (C=O) groups excluding carboxylic acids is 1. The second-order valence-corrected chi connectivity index (χ2v) is 9.04. The predicted octanol–water partition coefficient (Wildman–Crippen LogP) is 4.13. The third-order valence-corrected chi connectivity index (χ3v) is 6.91. The van der Waals surface area contributed by atoms with Crippen molar-refractivity contribution in [2.24, 2.45) is 0 Å². The number of piperazine rings is 1. The van der Waals surface area contributed by atoms with Crippen molar-refractivity contribution in [2.45, 2.75) is 11.8 Å². The van der Waals surface area contributed by atoms with E-state index in [9.17, 15) is 17.6 Å². The molecule has 0 atom stereocenters. The third-order valence-electron chi connectivity index (χ3n) is 4.77. The number of carbonyl (C=O) groups is 1. The molecule has 0 aliphatic carbocycles. The number of nitrogens with zero attached hydrogens (tertiary/aromatic N) is 2. The molecule has 164 valence electrons. The maximum absolute atomic E-state index is 13.9. The van der Waals surface area contributed by atoms with Crippen LogP contribution in [0.5, 0.6) is 0 Å². The predicted molar refractivity (Wildman–Crippen MR) is 119 cm³/mol. The van der Waals surface area contributed by atoms with Crippen LogP contribution in [0, 0.1) is 5.82 Å². The SMILES string of the molecule is CCN1CCN(C(=O)c2cc(S(=O)(=O)Nc3ccccc3F)c(Cl)cc2Cl)CC1.Cl. The molecule has 2 aromatic carbocycles. The van der Waals surface area contributed by atoms with E-state index in [1.807, 2.05) is 6.92 Å². The maximum atomic E-state index is 13.9. The van der Waals surface area contributed by atoms with E-state index >= 15 is 0 Å². The van der Waals surface area contributed by atoms with Crippen LogP contribution in [0.4, 0.5) is 10.1 Å². The molecule has 2 aromatic rings. The Labute approximate surface area is 191 Å². The zero-order valence-corrected chi connectivity index (χ0v) is 19.2. The van der Waals surface area contributed by atoms with Gasteiger partial charge in [0.05, 0.1) is 21.3 Å². The Kier molecular flexibility index (Phi) is 8.35. The summed E-state index contributed by atoms with van der Waals surface area (Å²) in [5.41, 5.74) is -0.183. The molecule has 1 heterocycles. The second-order valence-electron chi connectivity index (χ2n) is 6.57. The summed E-state index contributed by atoms with van der Waals surface area (Å²) in [4.78, 5) is 16.4. The number of rotatable bonds is 5. The van der Waals surface area contributed by atoms with Gasteiger partial charge in [-0.1, -0.05) is 42.3 Å². The molecule has 0 saturated carbocycles. The molecule has 0 bridgehead atoms. The van der Waals surface area contributed by atoms with Gasteiger partial charge in [0.25, 0.3) is 15.9 Å². The number of hydrogen-bond donors (Lipinski definition) is 1. The Hall–Kier alpha value is -1.58. The van der Waals surface area contributed by atoms with E-state index in [-0.39, 0.29) is 44.5 Å². The van der Waals surface area contributed by atoms with E-state index in [1.54, 1.807) is 4.90 Å². The molecule has 1 saturated heterocycles. The Balaban J connectivity index is 0.00000320. The van der Waals surface area contributed by atoms with E-state index in [4.69, 9.17) is 23.2 Å². The molecule has 11 heteroatoms. The van der Waals surface area contributed by atoms with Crippen molar-refractivity contribution in [1.29, 1.82) is 0 Å². The van der Waals surface area contributed by atoms with Crippen LogP contribution in [0.15, 0.2) is 41.3 Å². The largest absolute Gasteiger partial charge is 0.336 e. The topological polar surface area (TPSA) is 69.7 Å². The fraction of sp³-hybridized carbons (Fsp3) is 0.316. The van der Waals surface area contributed by atoms with E-state index in [1.165, 1.54) is 24.3 Å². The summed E-state index contributed by atoms with van der Waals surface area (Å²) >= 11 is 12.3. The van der Waals surface area contributed by atoms with Gasteiger partial charge in [-0.3, -0.25) is 9.52 Å². The summed E-state index contributed by atoms with van der Waals surface area (Å²) in [7, 11) is -4.24. The van der Waals surface area contributed by atoms with Gasteiger partial charge in [0.1, 0.15) is 10.7 Å². The van der Waals surface area contributed by atoms with E-state index in [2.05, 4.69) is 9.62 Å². The zero-order valence-electron chi connectivity index (χ0n) is 16.1. The lowest BCUT2D eigenvalue weighted by molar-refractivity contribution is 0.0643. The number of hydrogen-bond acceptors (Lipinski definition) is 4. The fourth-order valence-corrected chi connectivity index (χ4v) is 5.00. The van der Waals surface area contributed by atoms with Crippen molar-refractivity contribution in [3.8, 4) is 0 Å². The number of sulfonamides is 1. The number of nitrogens with one attached hydrogen (secondary N) is 1. The van der Waals surface area contributed by atoms with Crippen LogP contribution in [0.2, 0.25) is 10.0 Å². The van der Waals surface area contributed by atoms with Gasteiger partial charge < -0.3 is 9.80 Å². The second kappa shape index (κ2) is 10.2. The highest BCUT2D eigenvalue weighted by molar-refractivity contribution is 7.92. The van der Waals surface area contributed by atoms with Gasteiger partial charge in [0.2, 0.25) is 0 Å². The van der Waals surface area contributed by atoms with Crippen LogP contribution < -0.4 is 4.72 Å². The highest BCUT2D eigenvalue weighted by atomic mass is 35.5. The van der Waals surface area contributed by atoms with Gasteiger partial charge in [-0.25, -0.2) is 12.8 Å². The Morgan fingerprint density at radius 1 is 1.10 bits per heavy atom. The van der Waals surface area contributed by atoms with Crippen LogP contribution in [0.25, 0.3) is 0 Å². The van der Waals surface area contributed by atoms with Crippen LogP contribution in [-0.2, 0) is 10.0 Å². The van der Waals surface area contributed by atoms with Gasteiger partial charge >= 0.3 is 0 Å². The molecular formula is C19H21Cl3FN3O3S. The van der Waals surface area contributed by atoms with Crippen molar-refractivity contribution in [2.75, 3.05) is 37.4 Å². The molecular weight excluding hydrogens is 476 g/mol. The summed E-state index contributed by atoms with van der Waals surface area (Å²) in [6.07, 6.45) is 0. The maximum Gasteiger partial charge on any atom is 0.263 e. The molecule has 1 aliphatic rings. The zero-order chi connectivity index (χ0) is 21.2. The van der Waals surface area contributed by atoms with E-state index in [0.717, 1.165) is 31.8 Å². The van der Waals surface area contributed by atoms with E-state index in [0.29, 0.717) is 13.1 Å². The van der Waals surface area contributed by atoms with Crippen LogP contribution >= 0.6 is 35.6 Å². The lowest BCUT2D eigenvalue weighted by Gasteiger charge is -2.34. The monoisotopic (exact) mass is 495 g/mol. The summed E-state index contributed by atoms with van der Waals surface area (Å²) < 4.78 is 41.6. The average Bonchev–Trinajstić information content (AvgIpc) is 2.69. The van der Waals surface area contributed by atoms with E-state index < -0.39 is 15.8 Å². The summed E-state index contributed by atoms with van der Waals surface area (Å²) in [6.45, 7) is 5.43. The lowest BCUT2D eigenvalue weighted by Crippen LogP contribution is -2.48. The quantitative estimate of drug-likeness (QED) is 0.676. The highest BCUT2D eigenvalue weighted by Gasteiger charge is 2.27. The smallest absolute Gasteiger partial charge is 0.263 e. The van der Waals surface area contributed by atoms with Crippen LogP contribution in [0.1, 0.15) is 17.3 Å². The van der Waals surface area contributed by atoms with Gasteiger partial charge in [-0.2, -0.15) is 0 Å². The first-order valence-corrected chi connectivity index (χ1v) is 11.2. The molecule has 0 unspecified atom stereocenters. The van der Waals surface area contributed by atoms with Crippen LogP contribution in [-0.4, -0.2) is 56.8 Å². The minimum atomic E-state index is -4.24. The number of likely N-dealkylation sites (N-methyl/N-ethyl adjacent to an activating group) is 1. The molecule has 1 fully saturated rings. The van der Waals surface area contributed by atoms with Crippen molar-refractivity contribution in [3.05, 3.63) is 57.8 Å². The molecule has 0 radical (unpaired) electrons. The lowest BCUT2D eigenvalue weighted by atomic mass is 10.1. The molecule has 3 rings (SSSR count). The number of amides is 1. The fourth-order valence-electron chi connectivity index (χ4n) is 3.08. The summed E-state index contributed by atoms with van der Waals surface area (Å²) in [5, 5.41) is -0.103. The van der Waals surface area contributed by atoms with Crippen molar-refractivity contribution >= 4 is 57.2 Å². The standard InChI is InChI=1S/C19H20Cl2FN3O3S.ClH/c1-2-24-7-9-25(10-8-24)19(26)13-11-18(15(21)12-14(13)20)29(27,28)23-17-6-4-3-5-16(17)22;/h3-6,11-12,23H,2,7-10H2,1H3;1H. The van der Waals surface area contributed by atoms with Gasteiger partial charge in [-0.15, -0.1) is 12.4 Å². The average molecular weight is 497 g/mol. The molecule has 1 N–H and O–H groups in total. The number of para-hydroxylation sites is 1. The first-order valence-electron chi connectivity index (χ1n) is 9.01. The summed E-state index contributed by atoms with van der Waals surface area (Å²) in [5.74, 6) is -1.10. The van der Waals surface area contributed by atoms with Crippen molar-refractivity contribution in [1.82, 2.24) is 9.80 Å². The van der Waals surface area contributed by atoms with Gasteiger partial charge in [-0.05, 0) is 30.8 Å². The minimum Gasteiger partial charge on any atom is -0.336 e. The van der Waals surface area contributed by atoms with Gasteiger partial charge in [0, 0.05) is 26.2 Å². The van der Waals surface area contributed by atoms with Crippen LogP contribution in [0.3, 0.4) is 0 Å². The number of halogens is 4. The Morgan fingerprint density at radius 3 is 2.33 bits per heavy atom. The minimum absolute atomic E-state index is 0. The number of anilines is 1. The van der Waals surface area contributed by atoms with Gasteiger partial charge in [0.15, 0.2) is 0 Å². The normalized spacial score (nSPS) is 14.9. The third kappa shape index (κ3) is 5.36. The van der Waals surface area contributed by atoms with Crippen molar-refractivity contribution < 1.29 is 17.6 Å². The number of benzene rings is 2.